The van der Waals surface area contributed by atoms with E-state index in [0.717, 1.165) is 11.4 Å². The number of nitriles is 2. The fourth-order valence-electron chi connectivity index (χ4n) is 2.37. The van der Waals surface area contributed by atoms with Gasteiger partial charge in [-0.25, -0.2) is 0 Å². The predicted molar refractivity (Wildman–Crippen MR) is 72.7 cm³/mol. The number of anilines is 1. The highest BCUT2D eigenvalue weighted by atomic mass is 16.5. The summed E-state index contributed by atoms with van der Waals surface area (Å²) < 4.78 is 5.62. The van der Waals surface area contributed by atoms with E-state index >= 15 is 0 Å². The van der Waals surface area contributed by atoms with Crippen molar-refractivity contribution in [3.05, 3.63) is 24.3 Å². The Balaban J connectivity index is 2.15. The first kappa shape index (κ1) is 13.2. The maximum Gasteiger partial charge on any atom is 0.147 e. The number of benzene rings is 1. The SMILES string of the molecule is CCOc1ccccc1N1CCC(C#N)(C#N)CC1. The van der Waals surface area contributed by atoms with Gasteiger partial charge in [0.2, 0.25) is 0 Å². The summed E-state index contributed by atoms with van der Waals surface area (Å²) in [7, 11) is 0. The van der Waals surface area contributed by atoms with Crippen LogP contribution in [0.5, 0.6) is 5.75 Å². The van der Waals surface area contributed by atoms with Crippen molar-refractivity contribution >= 4 is 5.69 Å². The minimum atomic E-state index is -0.808. The van der Waals surface area contributed by atoms with E-state index in [9.17, 15) is 0 Å². The number of para-hydroxylation sites is 2. The number of rotatable bonds is 3. The monoisotopic (exact) mass is 255 g/mol. The highest BCUT2D eigenvalue weighted by Crippen LogP contribution is 2.35. The largest absolute Gasteiger partial charge is 0.492 e. The van der Waals surface area contributed by atoms with Gasteiger partial charge < -0.3 is 9.64 Å². The second-order valence-electron chi connectivity index (χ2n) is 4.69. The second kappa shape index (κ2) is 5.63. The first-order valence-electron chi connectivity index (χ1n) is 6.54. The van der Waals surface area contributed by atoms with E-state index in [4.69, 9.17) is 15.3 Å². The molecule has 0 radical (unpaired) electrons. The Hall–Kier alpha value is -2.20. The maximum atomic E-state index is 9.12. The molecule has 0 aliphatic carbocycles. The molecule has 0 bridgehead atoms. The quantitative estimate of drug-likeness (QED) is 0.833. The van der Waals surface area contributed by atoms with Crippen LogP contribution in [0, 0.1) is 28.1 Å². The van der Waals surface area contributed by atoms with E-state index in [1.165, 1.54) is 0 Å². The van der Waals surface area contributed by atoms with Gasteiger partial charge in [0.15, 0.2) is 0 Å². The zero-order valence-electron chi connectivity index (χ0n) is 11.1. The van der Waals surface area contributed by atoms with Crippen molar-refractivity contribution in [2.24, 2.45) is 5.41 Å². The van der Waals surface area contributed by atoms with E-state index in [-0.39, 0.29) is 0 Å². The molecule has 0 unspecified atom stereocenters. The topological polar surface area (TPSA) is 60.0 Å². The average Bonchev–Trinajstić information content (AvgIpc) is 2.48. The molecule has 1 aliphatic heterocycles. The Morgan fingerprint density at radius 1 is 1.21 bits per heavy atom. The zero-order chi connectivity index (χ0) is 13.7. The van der Waals surface area contributed by atoms with Crippen LogP contribution < -0.4 is 9.64 Å². The summed E-state index contributed by atoms with van der Waals surface area (Å²) in [6.45, 7) is 4.02. The molecule has 0 spiro atoms. The molecule has 1 aliphatic rings. The van der Waals surface area contributed by atoms with Gasteiger partial charge in [-0.1, -0.05) is 12.1 Å². The molecule has 19 heavy (non-hydrogen) atoms. The Bertz CT molecular complexity index is 503. The molecule has 0 N–H and O–H groups in total. The van der Waals surface area contributed by atoms with Crippen LogP contribution in [0.15, 0.2) is 24.3 Å². The number of piperidine rings is 1. The van der Waals surface area contributed by atoms with E-state index in [0.29, 0.717) is 32.5 Å². The van der Waals surface area contributed by atoms with Gasteiger partial charge in [0, 0.05) is 13.1 Å². The minimum Gasteiger partial charge on any atom is -0.492 e. The maximum absolute atomic E-state index is 9.12. The van der Waals surface area contributed by atoms with Crippen LogP contribution in [0.25, 0.3) is 0 Å². The molecular formula is C15H17N3O. The lowest BCUT2D eigenvalue weighted by Crippen LogP contribution is -2.39. The van der Waals surface area contributed by atoms with Crippen molar-refractivity contribution in [2.45, 2.75) is 19.8 Å². The predicted octanol–water partition coefficient (Wildman–Crippen LogP) is 2.72. The molecule has 98 valence electrons. The lowest BCUT2D eigenvalue weighted by molar-refractivity contribution is 0.336. The van der Waals surface area contributed by atoms with E-state index in [1.807, 2.05) is 31.2 Å². The van der Waals surface area contributed by atoms with Crippen molar-refractivity contribution < 1.29 is 4.74 Å². The first-order chi connectivity index (χ1) is 9.24. The number of hydrogen-bond donors (Lipinski definition) is 0. The third-order valence-electron chi connectivity index (χ3n) is 3.55. The average molecular weight is 255 g/mol. The Morgan fingerprint density at radius 3 is 2.42 bits per heavy atom. The molecule has 0 amide bonds. The van der Waals surface area contributed by atoms with Gasteiger partial charge >= 0.3 is 0 Å². The van der Waals surface area contributed by atoms with Gasteiger partial charge in [-0.15, -0.1) is 0 Å². The lowest BCUT2D eigenvalue weighted by Gasteiger charge is -2.35. The molecule has 1 fully saturated rings. The van der Waals surface area contributed by atoms with Crippen molar-refractivity contribution in [2.75, 3.05) is 24.6 Å². The summed E-state index contributed by atoms with van der Waals surface area (Å²) >= 11 is 0. The van der Waals surface area contributed by atoms with Crippen molar-refractivity contribution in [3.8, 4) is 17.9 Å². The van der Waals surface area contributed by atoms with Gasteiger partial charge in [-0.3, -0.25) is 0 Å². The van der Waals surface area contributed by atoms with Gasteiger partial charge in [-0.05, 0) is 31.9 Å². The Labute approximate surface area is 113 Å². The normalized spacial score (nSPS) is 17.3. The summed E-state index contributed by atoms with van der Waals surface area (Å²) in [6, 6.07) is 12.2. The van der Waals surface area contributed by atoms with Crippen molar-refractivity contribution in [3.63, 3.8) is 0 Å². The summed E-state index contributed by atoms with van der Waals surface area (Å²) in [5.74, 6) is 0.867. The fraction of sp³-hybridized carbons (Fsp3) is 0.467. The molecule has 1 aromatic rings. The van der Waals surface area contributed by atoms with Crippen LogP contribution in [-0.4, -0.2) is 19.7 Å². The van der Waals surface area contributed by atoms with Crippen LogP contribution in [0.1, 0.15) is 19.8 Å². The number of nitrogens with zero attached hydrogens (tertiary/aromatic N) is 3. The highest BCUT2D eigenvalue weighted by Gasteiger charge is 2.35. The van der Waals surface area contributed by atoms with Gasteiger partial charge in [0.05, 0.1) is 24.4 Å². The van der Waals surface area contributed by atoms with Crippen LogP contribution in [0.2, 0.25) is 0 Å². The molecule has 4 nitrogen and oxygen atoms in total. The third kappa shape index (κ3) is 2.63. The summed E-state index contributed by atoms with van der Waals surface area (Å²) in [6.07, 6.45) is 1.17. The highest BCUT2D eigenvalue weighted by molar-refractivity contribution is 5.59. The molecule has 0 aromatic heterocycles. The summed E-state index contributed by atoms with van der Waals surface area (Å²) in [5.41, 5.74) is 0.241. The first-order valence-corrected chi connectivity index (χ1v) is 6.54. The Morgan fingerprint density at radius 2 is 1.84 bits per heavy atom. The molecule has 4 heteroatoms. The van der Waals surface area contributed by atoms with Crippen molar-refractivity contribution in [1.29, 1.82) is 10.5 Å². The van der Waals surface area contributed by atoms with Gasteiger partial charge in [-0.2, -0.15) is 10.5 Å². The lowest BCUT2D eigenvalue weighted by atomic mass is 9.81. The standard InChI is InChI=1S/C15H17N3O/c1-2-19-14-6-4-3-5-13(14)18-9-7-15(11-16,12-17)8-10-18/h3-6H,2,7-10H2,1H3. The molecule has 2 rings (SSSR count). The summed E-state index contributed by atoms with van der Waals surface area (Å²) in [5, 5.41) is 18.2. The molecular weight excluding hydrogens is 238 g/mol. The smallest absolute Gasteiger partial charge is 0.147 e. The molecule has 0 atom stereocenters. The zero-order valence-corrected chi connectivity index (χ0v) is 11.1. The van der Waals surface area contributed by atoms with Gasteiger partial charge in [0.25, 0.3) is 0 Å². The van der Waals surface area contributed by atoms with E-state index in [2.05, 4.69) is 17.0 Å². The minimum absolute atomic E-state index is 0.584. The molecule has 0 saturated carbocycles. The Kier molecular flexibility index (Phi) is 3.92. The van der Waals surface area contributed by atoms with Crippen LogP contribution >= 0.6 is 0 Å². The van der Waals surface area contributed by atoms with E-state index in [1.54, 1.807) is 0 Å². The number of ether oxygens (including phenoxy) is 1. The summed E-state index contributed by atoms with van der Waals surface area (Å²) in [4.78, 5) is 2.19. The molecule has 1 heterocycles. The van der Waals surface area contributed by atoms with Crippen molar-refractivity contribution in [1.82, 2.24) is 0 Å². The number of hydrogen-bond acceptors (Lipinski definition) is 4. The van der Waals surface area contributed by atoms with Gasteiger partial charge in [0.1, 0.15) is 11.2 Å². The third-order valence-corrected chi connectivity index (χ3v) is 3.55. The van der Waals surface area contributed by atoms with Crippen LogP contribution in [0.4, 0.5) is 5.69 Å². The molecule has 1 aromatic carbocycles. The second-order valence-corrected chi connectivity index (χ2v) is 4.69. The fourth-order valence-corrected chi connectivity index (χ4v) is 2.37. The van der Waals surface area contributed by atoms with E-state index < -0.39 is 5.41 Å². The van der Waals surface area contributed by atoms with Crippen LogP contribution in [-0.2, 0) is 0 Å². The molecule has 1 saturated heterocycles. The van der Waals surface area contributed by atoms with Crippen LogP contribution in [0.3, 0.4) is 0 Å².